The number of hydrogen-bond donors (Lipinski definition) is 4. The van der Waals surface area contributed by atoms with Gasteiger partial charge in [0, 0.05) is 21.7 Å². The van der Waals surface area contributed by atoms with Gasteiger partial charge in [0.05, 0.1) is 16.5 Å². The van der Waals surface area contributed by atoms with Gasteiger partial charge in [-0.2, -0.15) is 0 Å². The molecule has 42 heavy (non-hydrogen) atoms. The summed E-state index contributed by atoms with van der Waals surface area (Å²) in [6, 6.07) is 27.5. The summed E-state index contributed by atoms with van der Waals surface area (Å²) in [5.74, 6) is -2.75. The van der Waals surface area contributed by atoms with Gasteiger partial charge in [-0.25, -0.2) is 4.39 Å². The molecular weight excluding hydrogens is 555 g/mol. The Bertz CT molecular complexity index is 1660. The minimum Gasteiger partial charge on any atom is -0.366 e. The van der Waals surface area contributed by atoms with E-state index >= 15 is 0 Å². The third kappa shape index (κ3) is 7.92. The van der Waals surface area contributed by atoms with E-state index < -0.39 is 28.8 Å². The Balaban J connectivity index is 1.49. The zero-order valence-electron chi connectivity index (χ0n) is 22.5. The maximum Gasteiger partial charge on any atom is 0.272 e. The van der Waals surface area contributed by atoms with Gasteiger partial charge in [0.15, 0.2) is 0 Å². The van der Waals surface area contributed by atoms with Crippen molar-refractivity contribution in [3.63, 3.8) is 0 Å². The van der Waals surface area contributed by atoms with Crippen LogP contribution in [0.4, 0.5) is 15.8 Å². The zero-order valence-corrected chi connectivity index (χ0v) is 23.3. The molecule has 0 radical (unpaired) electrons. The quantitative estimate of drug-likeness (QED) is 0.146. The largest absolute Gasteiger partial charge is 0.366 e. The predicted octanol–water partition coefficient (Wildman–Crippen LogP) is 5.45. The lowest BCUT2D eigenvalue weighted by molar-refractivity contribution is -0.115. The number of carbonyl (C=O) groups excluding carboxylic acids is 4. The van der Waals surface area contributed by atoms with Crippen molar-refractivity contribution < 1.29 is 23.6 Å². The van der Waals surface area contributed by atoms with Gasteiger partial charge < -0.3 is 21.7 Å². The molecule has 10 heteroatoms. The fourth-order valence-electron chi connectivity index (χ4n) is 3.83. The molecule has 0 heterocycles. The molecule has 0 saturated heterocycles. The van der Waals surface area contributed by atoms with Gasteiger partial charge in [0.2, 0.25) is 5.91 Å². The summed E-state index contributed by atoms with van der Waals surface area (Å²) in [6.07, 6.45) is 1.26. The molecule has 4 amide bonds. The number of amides is 4. The summed E-state index contributed by atoms with van der Waals surface area (Å²) in [7, 11) is 0. The number of anilines is 2. The number of nitrogens with two attached hydrogens (primary N) is 1. The second kappa shape index (κ2) is 13.9. The number of nitrogens with one attached hydrogen (secondary N) is 3. The molecule has 0 aliphatic carbocycles. The van der Waals surface area contributed by atoms with E-state index in [0.717, 1.165) is 0 Å². The van der Waals surface area contributed by atoms with Gasteiger partial charge in [-0.3, -0.25) is 19.2 Å². The monoisotopic (exact) mass is 582 g/mol. The highest BCUT2D eigenvalue weighted by atomic mass is 32.2. The summed E-state index contributed by atoms with van der Waals surface area (Å²) in [5, 5.41) is 7.46. The molecule has 4 rings (SSSR count). The first-order chi connectivity index (χ1) is 20.2. The van der Waals surface area contributed by atoms with Crippen LogP contribution < -0.4 is 21.7 Å². The van der Waals surface area contributed by atoms with Crippen molar-refractivity contribution in [1.29, 1.82) is 0 Å². The lowest BCUT2D eigenvalue weighted by Gasteiger charge is -2.15. The van der Waals surface area contributed by atoms with Crippen molar-refractivity contribution in [2.75, 3.05) is 10.6 Å². The number of rotatable bonds is 10. The molecule has 0 fully saturated rings. The van der Waals surface area contributed by atoms with Crippen molar-refractivity contribution >= 4 is 52.8 Å². The Morgan fingerprint density at radius 1 is 0.833 bits per heavy atom. The first-order valence-corrected chi connectivity index (χ1v) is 13.7. The molecule has 0 saturated carbocycles. The summed E-state index contributed by atoms with van der Waals surface area (Å²) in [5.41, 5.74) is 6.60. The van der Waals surface area contributed by atoms with E-state index in [2.05, 4.69) is 16.0 Å². The third-order valence-corrected chi connectivity index (χ3v) is 7.05. The normalized spacial score (nSPS) is 11.7. The third-order valence-electron chi connectivity index (χ3n) is 5.96. The van der Waals surface area contributed by atoms with Gasteiger partial charge in [-0.15, -0.1) is 11.8 Å². The van der Waals surface area contributed by atoms with Crippen molar-refractivity contribution in [1.82, 2.24) is 5.32 Å². The smallest absolute Gasteiger partial charge is 0.272 e. The first-order valence-electron chi connectivity index (χ1n) is 12.8. The van der Waals surface area contributed by atoms with E-state index in [9.17, 15) is 23.6 Å². The molecule has 0 spiro atoms. The van der Waals surface area contributed by atoms with Crippen molar-refractivity contribution in [2.24, 2.45) is 5.73 Å². The van der Waals surface area contributed by atoms with Crippen LogP contribution in [0, 0.1) is 5.82 Å². The molecule has 4 aromatic carbocycles. The first kappa shape index (κ1) is 29.8. The predicted molar refractivity (Wildman–Crippen MR) is 162 cm³/mol. The number of para-hydroxylation sites is 1. The van der Waals surface area contributed by atoms with Crippen molar-refractivity contribution in [3.05, 3.63) is 131 Å². The van der Waals surface area contributed by atoms with Crippen LogP contribution in [-0.4, -0.2) is 28.9 Å². The fourth-order valence-corrected chi connectivity index (χ4v) is 4.76. The van der Waals surface area contributed by atoms with Gasteiger partial charge in [-0.1, -0.05) is 54.6 Å². The van der Waals surface area contributed by atoms with E-state index in [-0.39, 0.29) is 22.7 Å². The van der Waals surface area contributed by atoms with E-state index in [1.54, 1.807) is 85.8 Å². The SMILES string of the molecule is CC(Sc1cccc(NC(=O)/C(=C\c2ccccc2F)NC(=O)c2ccccc2)c1)C(=O)Nc1ccccc1C(N)=O. The standard InChI is InChI=1S/C32H27FN4O4S/c1-20(30(39)36-27-17-8-6-15-25(27)29(34)38)42-24-14-9-13-23(19-24)35-32(41)28(18-22-12-5-7-16-26(22)33)37-31(40)21-10-3-2-4-11-21/h2-20H,1H3,(H2,34,38)(H,35,41)(H,36,39)(H,37,40)/b28-18+. The maximum absolute atomic E-state index is 14.4. The average Bonchev–Trinajstić information content (AvgIpc) is 2.98. The van der Waals surface area contributed by atoms with Crippen molar-refractivity contribution in [3.8, 4) is 0 Å². The highest BCUT2D eigenvalue weighted by molar-refractivity contribution is 8.00. The van der Waals surface area contributed by atoms with Crippen LogP contribution in [0.15, 0.2) is 114 Å². The number of thioether (sulfide) groups is 1. The Hall–Kier alpha value is -5.22. The molecule has 212 valence electrons. The lowest BCUT2D eigenvalue weighted by atomic mass is 10.1. The molecule has 4 aromatic rings. The van der Waals surface area contributed by atoms with Crippen LogP contribution in [0.5, 0.6) is 0 Å². The van der Waals surface area contributed by atoms with Gasteiger partial charge in [0.1, 0.15) is 11.5 Å². The van der Waals surface area contributed by atoms with Gasteiger partial charge >= 0.3 is 0 Å². The van der Waals surface area contributed by atoms with Crippen LogP contribution >= 0.6 is 11.8 Å². The summed E-state index contributed by atoms with van der Waals surface area (Å²) in [4.78, 5) is 51.3. The molecule has 0 bridgehead atoms. The molecule has 5 N–H and O–H groups in total. The highest BCUT2D eigenvalue weighted by Crippen LogP contribution is 2.27. The maximum atomic E-state index is 14.4. The molecule has 0 aliphatic heterocycles. The minimum absolute atomic E-state index is 0.123. The highest BCUT2D eigenvalue weighted by Gasteiger charge is 2.19. The number of carbonyl (C=O) groups is 4. The number of hydrogen-bond acceptors (Lipinski definition) is 5. The Kier molecular flexibility index (Phi) is 9.85. The van der Waals surface area contributed by atoms with Crippen LogP contribution in [0.3, 0.4) is 0 Å². The minimum atomic E-state index is -0.668. The van der Waals surface area contributed by atoms with Crippen LogP contribution in [-0.2, 0) is 9.59 Å². The van der Waals surface area contributed by atoms with Crippen LogP contribution in [0.1, 0.15) is 33.2 Å². The Morgan fingerprint density at radius 2 is 1.52 bits per heavy atom. The molecule has 0 aromatic heterocycles. The fraction of sp³-hybridized carbons (Fsp3) is 0.0625. The second-order valence-electron chi connectivity index (χ2n) is 9.04. The van der Waals surface area contributed by atoms with E-state index in [1.807, 2.05) is 0 Å². The Labute approximate surface area is 246 Å². The Morgan fingerprint density at radius 3 is 2.26 bits per heavy atom. The summed E-state index contributed by atoms with van der Waals surface area (Å²) in [6.45, 7) is 1.70. The van der Waals surface area contributed by atoms with Crippen molar-refractivity contribution in [2.45, 2.75) is 17.1 Å². The van der Waals surface area contributed by atoms with Gasteiger partial charge in [-0.05, 0) is 61.5 Å². The van der Waals surface area contributed by atoms with E-state index in [0.29, 0.717) is 21.8 Å². The number of halogens is 1. The van der Waals surface area contributed by atoms with E-state index in [1.165, 1.54) is 42.1 Å². The van der Waals surface area contributed by atoms with Crippen LogP contribution in [0.25, 0.3) is 6.08 Å². The van der Waals surface area contributed by atoms with Crippen LogP contribution in [0.2, 0.25) is 0 Å². The average molecular weight is 583 g/mol. The number of benzene rings is 4. The molecule has 1 unspecified atom stereocenters. The second-order valence-corrected chi connectivity index (χ2v) is 10.5. The van der Waals surface area contributed by atoms with E-state index in [4.69, 9.17) is 5.73 Å². The topological polar surface area (TPSA) is 130 Å². The van der Waals surface area contributed by atoms with Gasteiger partial charge in [0.25, 0.3) is 17.7 Å². The molecule has 8 nitrogen and oxygen atoms in total. The zero-order chi connectivity index (χ0) is 30.1. The molecule has 1 atom stereocenters. The lowest BCUT2D eigenvalue weighted by Crippen LogP contribution is -2.30. The summed E-state index contributed by atoms with van der Waals surface area (Å²) < 4.78 is 14.4. The molecule has 0 aliphatic rings. The summed E-state index contributed by atoms with van der Waals surface area (Å²) >= 11 is 1.23. The molecular formula is C32H27FN4O4S. The number of primary amides is 1.